The van der Waals surface area contributed by atoms with Gasteiger partial charge >= 0.3 is 5.97 Å². The zero-order valence-corrected chi connectivity index (χ0v) is 14.9. The molecule has 1 atom stereocenters. The van der Waals surface area contributed by atoms with Gasteiger partial charge in [-0.3, -0.25) is 9.59 Å². The topological polar surface area (TPSA) is 95.5 Å². The maximum atomic E-state index is 12.6. The molecule has 0 aliphatic rings. The molecule has 6 nitrogen and oxygen atoms in total. The predicted octanol–water partition coefficient (Wildman–Crippen LogP) is 3.09. The minimum Gasteiger partial charge on any atom is -0.478 e. The van der Waals surface area contributed by atoms with E-state index in [4.69, 9.17) is 5.11 Å². The highest BCUT2D eigenvalue weighted by Gasteiger charge is 2.25. The molecule has 0 aliphatic carbocycles. The minimum absolute atomic E-state index is 0.123. The maximum Gasteiger partial charge on any atom is 0.335 e. The van der Waals surface area contributed by atoms with Crippen molar-refractivity contribution in [3.05, 3.63) is 65.2 Å². The second kappa shape index (κ2) is 8.29. The van der Waals surface area contributed by atoms with Gasteiger partial charge in [-0.2, -0.15) is 0 Å². The van der Waals surface area contributed by atoms with E-state index in [9.17, 15) is 14.4 Å². The summed E-state index contributed by atoms with van der Waals surface area (Å²) in [5.41, 5.74) is 2.06. The molecule has 1 unspecified atom stereocenters. The molecule has 3 N–H and O–H groups in total. The number of nitrogens with one attached hydrogen (secondary N) is 2. The van der Waals surface area contributed by atoms with Gasteiger partial charge in [0.05, 0.1) is 5.56 Å². The molecule has 0 aromatic heterocycles. The zero-order valence-electron chi connectivity index (χ0n) is 14.9. The van der Waals surface area contributed by atoms with Crippen molar-refractivity contribution in [1.29, 1.82) is 0 Å². The highest BCUT2D eigenvalue weighted by molar-refractivity contribution is 6.01. The second-order valence-electron chi connectivity index (χ2n) is 6.44. The number of carboxylic acids is 1. The summed E-state index contributed by atoms with van der Waals surface area (Å²) >= 11 is 0. The van der Waals surface area contributed by atoms with Gasteiger partial charge in [-0.05, 0) is 49.2 Å². The van der Waals surface area contributed by atoms with Crippen LogP contribution in [0.3, 0.4) is 0 Å². The highest BCUT2D eigenvalue weighted by Crippen LogP contribution is 2.13. The van der Waals surface area contributed by atoms with Gasteiger partial charge < -0.3 is 15.7 Å². The number of rotatable bonds is 6. The van der Waals surface area contributed by atoms with Gasteiger partial charge in [-0.15, -0.1) is 0 Å². The van der Waals surface area contributed by atoms with Crippen LogP contribution in [0.4, 0.5) is 5.69 Å². The van der Waals surface area contributed by atoms with Gasteiger partial charge in [0.15, 0.2) is 0 Å². The third kappa shape index (κ3) is 4.92. The van der Waals surface area contributed by atoms with Crippen molar-refractivity contribution in [3.63, 3.8) is 0 Å². The van der Waals surface area contributed by atoms with Crippen molar-refractivity contribution < 1.29 is 19.5 Å². The molecular weight excluding hydrogens is 332 g/mol. The van der Waals surface area contributed by atoms with Crippen molar-refractivity contribution in [2.24, 2.45) is 5.92 Å². The molecule has 0 spiro atoms. The van der Waals surface area contributed by atoms with Crippen molar-refractivity contribution in [3.8, 4) is 0 Å². The molecule has 26 heavy (non-hydrogen) atoms. The molecule has 2 aromatic carbocycles. The molecule has 2 amide bonds. The van der Waals surface area contributed by atoms with Crippen LogP contribution in [0.5, 0.6) is 0 Å². The summed E-state index contributed by atoms with van der Waals surface area (Å²) in [4.78, 5) is 35.9. The summed E-state index contributed by atoms with van der Waals surface area (Å²) in [7, 11) is 0. The van der Waals surface area contributed by atoms with Crippen molar-refractivity contribution in [2.75, 3.05) is 5.32 Å². The number of hydrogen-bond donors (Lipinski definition) is 3. The Labute approximate surface area is 152 Å². The van der Waals surface area contributed by atoms with Crippen molar-refractivity contribution in [1.82, 2.24) is 5.32 Å². The van der Waals surface area contributed by atoms with Gasteiger partial charge in [-0.25, -0.2) is 4.79 Å². The first-order valence-corrected chi connectivity index (χ1v) is 8.29. The van der Waals surface area contributed by atoms with Crippen LogP contribution in [0.15, 0.2) is 48.5 Å². The average molecular weight is 354 g/mol. The first-order valence-electron chi connectivity index (χ1n) is 8.29. The van der Waals surface area contributed by atoms with Crippen LogP contribution in [-0.2, 0) is 4.79 Å². The standard InChI is InChI=1S/C20H22N2O4/c1-12(2)17(22-18(23)15-6-4-5-13(3)11-15)19(24)21-16-9-7-14(8-10-16)20(25)26/h4-12,17H,1-3H3,(H,21,24)(H,22,23)(H,25,26). The number of aromatic carboxylic acids is 1. The number of carboxylic acid groups (broad SMARTS) is 1. The zero-order chi connectivity index (χ0) is 19.3. The quantitative estimate of drug-likeness (QED) is 0.743. The number of carbonyl (C=O) groups is 3. The third-order valence-electron chi connectivity index (χ3n) is 3.92. The van der Waals surface area contributed by atoms with E-state index in [1.54, 1.807) is 18.2 Å². The van der Waals surface area contributed by atoms with Crippen molar-refractivity contribution in [2.45, 2.75) is 26.8 Å². The molecule has 0 saturated heterocycles. The Morgan fingerprint density at radius 2 is 1.62 bits per heavy atom. The van der Waals surface area contributed by atoms with Gasteiger partial charge in [0.2, 0.25) is 5.91 Å². The fraction of sp³-hybridized carbons (Fsp3) is 0.250. The van der Waals surface area contributed by atoms with E-state index < -0.39 is 12.0 Å². The normalized spacial score (nSPS) is 11.7. The summed E-state index contributed by atoms with van der Waals surface area (Å²) in [6, 6.07) is 12.3. The monoisotopic (exact) mass is 354 g/mol. The molecule has 0 fully saturated rings. The minimum atomic E-state index is -1.03. The summed E-state index contributed by atoms with van der Waals surface area (Å²) in [6.45, 7) is 5.58. The van der Waals surface area contributed by atoms with E-state index in [-0.39, 0.29) is 23.3 Å². The Kier molecular flexibility index (Phi) is 6.11. The van der Waals surface area contributed by atoms with E-state index in [0.717, 1.165) is 5.56 Å². The van der Waals surface area contributed by atoms with Crippen LogP contribution in [0.1, 0.15) is 40.1 Å². The van der Waals surface area contributed by atoms with Crippen LogP contribution in [0, 0.1) is 12.8 Å². The predicted molar refractivity (Wildman–Crippen MR) is 99.3 cm³/mol. The Bertz CT molecular complexity index is 813. The molecular formula is C20H22N2O4. The molecule has 2 rings (SSSR count). The average Bonchev–Trinajstić information content (AvgIpc) is 2.59. The van der Waals surface area contributed by atoms with Gasteiger partial charge in [0.25, 0.3) is 5.91 Å². The van der Waals surface area contributed by atoms with E-state index in [1.807, 2.05) is 26.8 Å². The van der Waals surface area contributed by atoms with E-state index in [1.165, 1.54) is 24.3 Å². The van der Waals surface area contributed by atoms with Gasteiger partial charge in [0, 0.05) is 11.3 Å². The van der Waals surface area contributed by atoms with Crippen LogP contribution in [0.2, 0.25) is 0 Å². The summed E-state index contributed by atoms with van der Waals surface area (Å²) in [5, 5.41) is 14.4. The lowest BCUT2D eigenvalue weighted by Crippen LogP contribution is -2.47. The lowest BCUT2D eigenvalue weighted by atomic mass is 10.0. The molecule has 0 radical (unpaired) electrons. The molecule has 2 aromatic rings. The third-order valence-corrected chi connectivity index (χ3v) is 3.92. The first kappa shape index (κ1) is 19.2. The molecule has 0 saturated carbocycles. The molecule has 136 valence electrons. The molecule has 0 bridgehead atoms. The summed E-state index contributed by atoms with van der Waals surface area (Å²) in [5.74, 6) is -1.83. The highest BCUT2D eigenvalue weighted by atomic mass is 16.4. The van der Waals surface area contributed by atoms with Crippen LogP contribution < -0.4 is 10.6 Å². The lowest BCUT2D eigenvalue weighted by Gasteiger charge is -2.22. The number of amides is 2. The van der Waals surface area contributed by atoms with E-state index >= 15 is 0 Å². The number of aryl methyl sites for hydroxylation is 1. The van der Waals surface area contributed by atoms with E-state index in [2.05, 4.69) is 10.6 Å². The van der Waals surface area contributed by atoms with Crippen molar-refractivity contribution >= 4 is 23.5 Å². The van der Waals surface area contributed by atoms with Crippen LogP contribution >= 0.6 is 0 Å². The summed E-state index contributed by atoms with van der Waals surface area (Å²) < 4.78 is 0. The smallest absolute Gasteiger partial charge is 0.335 e. The first-order chi connectivity index (χ1) is 12.3. The van der Waals surface area contributed by atoms with Gasteiger partial charge in [0.1, 0.15) is 6.04 Å². The second-order valence-corrected chi connectivity index (χ2v) is 6.44. The summed E-state index contributed by atoms with van der Waals surface area (Å²) in [6.07, 6.45) is 0. The Balaban J connectivity index is 2.09. The van der Waals surface area contributed by atoms with E-state index in [0.29, 0.717) is 11.3 Å². The largest absolute Gasteiger partial charge is 0.478 e. The number of carbonyl (C=O) groups excluding carboxylic acids is 2. The maximum absolute atomic E-state index is 12.6. The molecule has 0 aliphatic heterocycles. The van der Waals surface area contributed by atoms with Crippen LogP contribution in [-0.4, -0.2) is 28.9 Å². The molecule has 6 heteroatoms. The fourth-order valence-corrected chi connectivity index (χ4v) is 2.46. The fourth-order valence-electron chi connectivity index (χ4n) is 2.46. The Hall–Kier alpha value is -3.15. The SMILES string of the molecule is Cc1cccc(C(=O)NC(C(=O)Nc2ccc(C(=O)O)cc2)C(C)C)c1. The Morgan fingerprint density at radius 1 is 0.962 bits per heavy atom. The number of benzene rings is 2. The lowest BCUT2D eigenvalue weighted by molar-refractivity contribution is -0.118. The van der Waals surface area contributed by atoms with Crippen LogP contribution in [0.25, 0.3) is 0 Å². The number of hydrogen-bond acceptors (Lipinski definition) is 3. The number of anilines is 1. The Morgan fingerprint density at radius 3 is 2.15 bits per heavy atom. The molecule has 0 heterocycles. The van der Waals surface area contributed by atoms with Gasteiger partial charge in [-0.1, -0.05) is 31.5 Å².